The number of halogens is 1. The van der Waals surface area contributed by atoms with Gasteiger partial charge in [-0.15, -0.1) is 0 Å². The Morgan fingerprint density at radius 2 is 1.74 bits per heavy atom. The molecule has 5 heteroatoms. The molecule has 0 aliphatic rings. The zero-order valence-corrected chi connectivity index (χ0v) is 13.8. The number of rotatable bonds is 4. The molecule has 1 heterocycles. The minimum absolute atomic E-state index is 0.419. The first kappa shape index (κ1) is 15.4. The first-order chi connectivity index (χ1) is 11.0. The highest BCUT2D eigenvalue weighted by Gasteiger charge is 2.07. The van der Waals surface area contributed by atoms with Crippen LogP contribution >= 0.6 is 11.6 Å². The summed E-state index contributed by atoms with van der Waals surface area (Å²) in [5.41, 5.74) is 11.2. The average molecular weight is 328 g/mol. The van der Waals surface area contributed by atoms with Crippen LogP contribution in [0.15, 0.2) is 42.5 Å². The number of ether oxygens (including phenoxy) is 1. The van der Waals surface area contributed by atoms with Gasteiger partial charge in [-0.2, -0.15) is 5.10 Å². The summed E-state index contributed by atoms with van der Waals surface area (Å²) in [5.74, 6) is 0.799. The van der Waals surface area contributed by atoms with E-state index in [1.807, 2.05) is 56.3 Å². The number of hydrogen-bond donors (Lipinski definition) is 2. The largest absolute Gasteiger partial charge is 0.487 e. The van der Waals surface area contributed by atoms with E-state index >= 15 is 0 Å². The van der Waals surface area contributed by atoms with E-state index in [2.05, 4.69) is 10.2 Å². The summed E-state index contributed by atoms with van der Waals surface area (Å²) in [7, 11) is 0. The fourth-order valence-electron chi connectivity index (χ4n) is 2.39. The maximum absolute atomic E-state index is 6.17. The van der Waals surface area contributed by atoms with Gasteiger partial charge in [-0.05, 0) is 55.3 Å². The first-order valence-electron chi connectivity index (χ1n) is 7.32. The summed E-state index contributed by atoms with van der Waals surface area (Å²) in [6, 6.07) is 13.5. The summed E-state index contributed by atoms with van der Waals surface area (Å²) in [5, 5.41) is 8.09. The minimum atomic E-state index is 0.419. The number of aryl methyl sites for hydroxylation is 2. The lowest BCUT2D eigenvalue weighted by molar-refractivity contribution is 0.301. The van der Waals surface area contributed by atoms with Crippen molar-refractivity contribution in [2.75, 3.05) is 5.73 Å². The lowest BCUT2D eigenvalue weighted by atomic mass is 10.1. The number of aromatic nitrogens is 2. The van der Waals surface area contributed by atoms with E-state index in [-0.39, 0.29) is 0 Å². The van der Waals surface area contributed by atoms with E-state index in [1.54, 1.807) is 0 Å². The average Bonchev–Trinajstić information content (AvgIpc) is 3.00. The third-order valence-electron chi connectivity index (χ3n) is 3.64. The maximum Gasteiger partial charge on any atom is 0.130 e. The van der Waals surface area contributed by atoms with Gasteiger partial charge < -0.3 is 10.5 Å². The van der Waals surface area contributed by atoms with Crippen molar-refractivity contribution in [3.8, 4) is 17.0 Å². The van der Waals surface area contributed by atoms with Gasteiger partial charge in [0.15, 0.2) is 0 Å². The van der Waals surface area contributed by atoms with Gasteiger partial charge in [0.05, 0.1) is 11.4 Å². The molecule has 118 valence electrons. The van der Waals surface area contributed by atoms with Crippen molar-refractivity contribution in [2.45, 2.75) is 20.5 Å². The Kier molecular flexibility index (Phi) is 4.26. The van der Waals surface area contributed by atoms with Crippen molar-refractivity contribution in [1.29, 1.82) is 0 Å². The second-order valence-corrected chi connectivity index (χ2v) is 5.94. The molecule has 3 aromatic rings. The second-order valence-electron chi connectivity index (χ2n) is 5.56. The molecule has 0 fully saturated rings. The Bertz CT molecular complexity index is 802. The molecule has 2 aromatic carbocycles. The van der Waals surface area contributed by atoms with Crippen LogP contribution in [-0.4, -0.2) is 10.2 Å². The van der Waals surface area contributed by atoms with Crippen LogP contribution in [0.3, 0.4) is 0 Å². The molecule has 0 spiro atoms. The molecular weight excluding hydrogens is 310 g/mol. The molecule has 0 bridgehead atoms. The van der Waals surface area contributed by atoms with Crippen molar-refractivity contribution < 1.29 is 4.74 Å². The second kappa shape index (κ2) is 6.34. The molecule has 0 aliphatic carbocycles. The quantitative estimate of drug-likeness (QED) is 0.693. The predicted molar refractivity (Wildman–Crippen MR) is 93.7 cm³/mol. The number of nitrogens with two attached hydrogens (primary N) is 1. The van der Waals surface area contributed by atoms with Gasteiger partial charge in [-0.25, -0.2) is 0 Å². The molecule has 4 nitrogen and oxygen atoms in total. The molecule has 0 aliphatic heterocycles. The van der Waals surface area contributed by atoms with Crippen LogP contribution in [0.5, 0.6) is 5.75 Å². The van der Waals surface area contributed by atoms with Gasteiger partial charge in [0.25, 0.3) is 0 Å². The Labute approximate surface area is 140 Å². The van der Waals surface area contributed by atoms with Crippen molar-refractivity contribution in [1.82, 2.24) is 10.2 Å². The van der Waals surface area contributed by atoms with Gasteiger partial charge in [0.2, 0.25) is 0 Å². The lowest BCUT2D eigenvalue weighted by Gasteiger charge is -2.09. The van der Waals surface area contributed by atoms with Crippen LogP contribution in [0.25, 0.3) is 11.3 Å². The van der Waals surface area contributed by atoms with Crippen molar-refractivity contribution in [3.63, 3.8) is 0 Å². The molecule has 0 radical (unpaired) electrons. The number of anilines is 1. The highest BCUT2D eigenvalue weighted by atomic mass is 35.5. The zero-order chi connectivity index (χ0) is 16.4. The standard InChI is InChI=1S/C18H18ClN3O/c1-11-7-16(8-12(2)18(11)19)23-10-15-9-17(22-21-15)13-3-5-14(20)6-4-13/h3-9H,10,20H2,1-2H3,(H,21,22). The Hall–Kier alpha value is -2.46. The molecule has 0 saturated heterocycles. The van der Waals surface area contributed by atoms with E-state index in [9.17, 15) is 0 Å². The number of nitrogen functional groups attached to an aromatic ring is 1. The summed E-state index contributed by atoms with van der Waals surface area (Å²) in [4.78, 5) is 0. The highest BCUT2D eigenvalue weighted by Crippen LogP contribution is 2.26. The van der Waals surface area contributed by atoms with Crippen molar-refractivity contribution in [2.24, 2.45) is 0 Å². The zero-order valence-electron chi connectivity index (χ0n) is 13.1. The Balaban J connectivity index is 1.71. The molecule has 0 unspecified atom stereocenters. The van der Waals surface area contributed by atoms with Crippen LogP contribution in [-0.2, 0) is 6.61 Å². The smallest absolute Gasteiger partial charge is 0.130 e. The Morgan fingerprint density at radius 3 is 2.39 bits per heavy atom. The summed E-state index contributed by atoms with van der Waals surface area (Å²) in [6.07, 6.45) is 0. The molecular formula is C18H18ClN3O. The van der Waals surface area contributed by atoms with Gasteiger partial charge in [-0.3, -0.25) is 5.10 Å². The highest BCUT2D eigenvalue weighted by molar-refractivity contribution is 6.32. The number of nitrogens with one attached hydrogen (secondary N) is 1. The number of H-pyrrole nitrogens is 1. The summed E-state index contributed by atoms with van der Waals surface area (Å²) in [6.45, 7) is 4.36. The van der Waals surface area contributed by atoms with Crippen LogP contribution in [0.1, 0.15) is 16.8 Å². The SMILES string of the molecule is Cc1cc(OCc2cc(-c3ccc(N)cc3)n[nH]2)cc(C)c1Cl. The third kappa shape index (κ3) is 3.48. The fourth-order valence-corrected chi connectivity index (χ4v) is 2.50. The van der Waals surface area contributed by atoms with E-state index in [4.69, 9.17) is 22.1 Å². The molecule has 3 N–H and O–H groups in total. The topological polar surface area (TPSA) is 63.9 Å². The normalized spacial score (nSPS) is 10.7. The van der Waals surface area contributed by atoms with Crippen LogP contribution in [0, 0.1) is 13.8 Å². The van der Waals surface area contributed by atoms with Gasteiger partial charge >= 0.3 is 0 Å². The number of benzene rings is 2. The summed E-state index contributed by atoms with van der Waals surface area (Å²) >= 11 is 6.17. The van der Waals surface area contributed by atoms with Crippen LogP contribution < -0.4 is 10.5 Å². The first-order valence-corrected chi connectivity index (χ1v) is 7.70. The van der Waals surface area contributed by atoms with Crippen molar-refractivity contribution in [3.05, 3.63) is 64.3 Å². The molecule has 1 aromatic heterocycles. The molecule has 0 amide bonds. The minimum Gasteiger partial charge on any atom is -0.487 e. The lowest BCUT2D eigenvalue weighted by Crippen LogP contribution is -1.97. The molecule has 0 atom stereocenters. The predicted octanol–water partition coefficient (Wildman–Crippen LogP) is 4.51. The van der Waals surface area contributed by atoms with E-state index in [0.29, 0.717) is 6.61 Å². The Morgan fingerprint density at radius 1 is 1.09 bits per heavy atom. The fraction of sp³-hybridized carbons (Fsp3) is 0.167. The molecule has 23 heavy (non-hydrogen) atoms. The molecule has 3 rings (SSSR count). The van der Waals surface area contributed by atoms with Gasteiger partial charge in [0, 0.05) is 16.3 Å². The molecule has 0 saturated carbocycles. The number of hydrogen-bond acceptors (Lipinski definition) is 3. The number of aromatic amines is 1. The maximum atomic E-state index is 6.17. The van der Waals surface area contributed by atoms with Gasteiger partial charge in [-0.1, -0.05) is 23.7 Å². The van der Waals surface area contributed by atoms with Crippen LogP contribution in [0.4, 0.5) is 5.69 Å². The summed E-state index contributed by atoms with van der Waals surface area (Å²) < 4.78 is 5.83. The number of nitrogens with zero attached hydrogens (tertiary/aromatic N) is 1. The van der Waals surface area contributed by atoms with Crippen molar-refractivity contribution >= 4 is 17.3 Å². The monoisotopic (exact) mass is 327 g/mol. The van der Waals surface area contributed by atoms with Gasteiger partial charge in [0.1, 0.15) is 12.4 Å². The van der Waals surface area contributed by atoms with E-state index in [0.717, 1.165) is 44.5 Å². The van der Waals surface area contributed by atoms with E-state index in [1.165, 1.54) is 0 Å². The van der Waals surface area contributed by atoms with E-state index < -0.39 is 0 Å². The van der Waals surface area contributed by atoms with Crippen LogP contribution in [0.2, 0.25) is 5.02 Å². The third-order valence-corrected chi connectivity index (χ3v) is 4.24.